The molecule has 1 fully saturated rings. The summed E-state index contributed by atoms with van der Waals surface area (Å²) in [5.74, 6) is -0.194. The summed E-state index contributed by atoms with van der Waals surface area (Å²) in [6.45, 7) is 2.37. The van der Waals surface area contributed by atoms with Crippen molar-refractivity contribution >= 4 is 11.7 Å². The topological polar surface area (TPSA) is 41.6 Å². The average Bonchev–Trinajstić information content (AvgIpc) is 2.46. The quantitative estimate of drug-likeness (QED) is 0.818. The predicted molar refractivity (Wildman–Crippen MR) is 71.7 cm³/mol. The Bertz CT molecular complexity index is 373. The maximum absolute atomic E-state index is 11.0. The lowest BCUT2D eigenvalue weighted by atomic mass is 10.0. The van der Waals surface area contributed by atoms with Gasteiger partial charge in [-0.1, -0.05) is 18.2 Å². The first-order valence-corrected chi connectivity index (χ1v) is 6.40. The van der Waals surface area contributed by atoms with Gasteiger partial charge in [-0.2, -0.15) is 0 Å². The number of nitrogens with zero attached hydrogens (tertiary/aromatic N) is 1. The number of hydrogen-bond acceptors (Lipinski definition) is 4. The van der Waals surface area contributed by atoms with Gasteiger partial charge in [0.15, 0.2) is 0 Å². The minimum atomic E-state index is -0.194. The van der Waals surface area contributed by atoms with Gasteiger partial charge in [0.25, 0.3) is 0 Å². The highest BCUT2D eigenvalue weighted by Crippen LogP contribution is 2.19. The minimum Gasteiger partial charge on any atom is -0.468 e. The van der Waals surface area contributed by atoms with E-state index in [0.29, 0.717) is 12.6 Å². The molecule has 1 saturated heterocycles. The fourth-order valence-electron chi connectivity index (χ4n) is 2.28. The second-order valence-electron chi connectivity index (χ2n) is 4.55. The Morgan fingerprint density at radius 2 is 2.00 bits per heavy atom. The van der Waals surface area contributed by atoms with Crippen LogP contribution in [0.4, 0.5) is 5.69 Å². The van der Waals surface area contributed by atoms with Crippen molar-refractivity contribution in [3.05, 3.63) is 30.3 Å². The molecule has 0 amide bonds. The molecule has 1 aromatic carbocycles. The molecule has 2 rings (SSSR count). The van der Waals surface area contributed by atoms with E-state index in [0.717, 1.165) is 25.9 Å². The van der Waals surface area contributed by atoms with E-state index in [9.17, 15) is 4.79 Å². The van der Waals surface area contributed by atoms with E-state index in [-0.39, 0.29) is 5.97 Å². The first-order valence-electron chi connectivity index (χ1n) is 6.40. The monoisotopic (exact) mass is 248 g/mol. The molecule has 1 aliphatic rings. The number of nitrogens with one attached hydrogen (secondary N) is 1. The molecule has 1 heterocycles. The number of methoxy groups -OCH3 is 1. The second kappa shape index (κ2) is 6.40. The third-order valence-corrected chi connectivity index (χ3v) is 3.38. The van der Waals surface area contributed by atoms with Crippen LogP contribution in [0.2, 0.25) is 0 Å². The molecule has 0 spiro atoms. The number of piperidine rings is 1. The molecule has 0 atom stereocenters. The third kappa shape index (κ3) is 3.47. The Morgan fingerprint density at radius 1 is 1.33 bits per heavy atom. The van der Waals surface area contributed by atoms with Gasteiger partial charge >= 0.3 is 5.97 Å². The van der Waals surface area contributed by atoms with Crippen molar-refractivity contribution in [1.82, 2.24) is 5.32 Å². The molecule has 1 aromatic rings. The van der Waals surface area contributed by atoms with Gasteiger partial charge in [-0.15, -0.1) is 0 Å². The van der Waals surface area contributed by atoms with Crippen molar-refractivity contribution in [3.63, 3.8) is 0 Å². The van der Waals surface area contributed by atoms with Crippen LogP contribution in [0, 0.1) is 0 Å². The highest BCUT2D eigenvalue weighted by molar-refractivity contribution is 5.71. The first kappa shape index (κ1) is 12.9. The summed E-state index contributed by atoms with van der Waals surface area (Å²) < 4.78 is 4.62. The van der Waals surface area contributed by atoms with Crippen molar-refractivity contribution in [1.29, 1.82) is 0 Å². The molecular formula is C14H20N2O2. The number of rotatable bonds is 4. The first-order chi connectivity index (χ1) is 8.79. The summed E-state index contributed by atoms with van der Waals surface area (Å²) in [6, 6.07) is 10.9. The van der Waals surface area contributed by atoms with E-state index in [1.807, 2.05) is 6.07 Å². The molecule has 0 aliphatic carbocycles. The Morgan fingerprint density at radius 3 is 2.61 bits per heavy atom. The van der Waals surface area contributed by atoms with Crippen LogP contribution in [0.25, 0.3) is 0 Å². The molecule has 0 saturated carbocycles. The van der Waals surface area contributed by atoms with Gasteiger partial charge in [-0.05, 0) is 25.0 Å². The molecule has 0 bridgehead atoms. The van der Waals surface area contributed by atoms with Crippen LogP contribution in [0.1, 0.15) is 12.8 Å². The van der Waals surface area contributed by atoms with Gasteiger partial charge in [0, 0.05) is 24.8 Å². The maximum atomic E-state index is 11.0. The van der Waals surface area contributed by atoms with Gasteiger partial charge < -0.3 is 15.0 Å². The molecule has 0 unspecified atom stereocenters. The van der Waals surface area contributed by atoms with Gasteiger partial charge in [-0.3, -0.25) is 4.79 Å². The number of carbonyl (C=O) groups excluding carboxylic acids is 1. The number of hydrogen-bond donors (Lipinski definition) is 1. The number of benzene rings is 1. The lowest BCUT2D eigenvalue weighted by molar-refractivity contribution is -0.139. The lowest BCUT2D eigenvalue weighted by Crippen LogP contribution is -2.44. The van der Waals surface area contributed by atoms with Crippen molar-refractivity contribution in [3.8, 4) is 0 Å². The van der Waals surface area contributed by atoms with E-state index in [4.69, 9.17) is 0 Å². The molecule has 18 heavy (non-hydrogen) atoms. The molecule has 4 heteroatoms. The summed E-state index contributed by atoms with van der Waals surface area (Å²) >= 11 is 0. The van der Waals surface area contributed by atoms with E-state index in [1.165, 1.54) is 12.8 Å². The molecule has 1 aliphatic heterocycles. The van der Waals surface area contributed by atoms with Gasteiger partial charge in [-0.25, -0.2) is 0 Å². The highest BCUT2D eigenvalue weighted by Gasteiger charge is 2.19. The van der Waals surface area contributed by atoms with E-state index >= 15 is 0 Å². The lowest BCUT2D eigenvalue weighted by Gasteiger charge is -2.33. The van der Waals surface area contributed by atoms with Crippen LogP contribution < -0.4 is 10.2 Å². The van der Waals surface area contributed by atoms with Crippen LogP contribution >= 0.6 is 0 Å². The van der Waals surface area contributed by atoms with Crippen LogP contribution in [-0.4, -0.2) is 38.8 Å². The summed E-state index contributed by atoms with van der Waals surface area (Å²) in [7, 11) is 1.42. The SMILES string of the molecule is COC(=O)CNC1CCN(c2ccccc2)CC1. The maximum Gasteiger partial charge on any atom is 0.319 e. The van der Waals surface area contributed by atoms with Gasteiger partial charge in [0.1, 0.15) is 0 Å². The highest BCUT2D eigenvalue weighted by atomic mass is 16.5. The smallest absolute Gasteiger partial charge is 0.319 e. The minimum absolute atomic E-state index is 0.194. The fourth-order valence-corrected chi connectivity index (χ4v) is 2.28. The van der Waals surface area contributed by atoms with Crippen LogP contribution in [0.15, 0.2) is 30.3 Å². The summed E-state index contributed by atoms with van der Waals surface area (Å²) in [6.07, 6.45) is 2.12. The van der Waals surface area contributed by atoms with Crippen molar-refractivity contribution < 1.29 is 9.53 Å². The zero-order chi connectivity index (χ0) is 12.8. The largest absolute Gasteiger partial charge is 0.468 e. The number of para-hydroxylation sites is 1. The summed E-state index contributed by atoms with van der Waals surface area (Å²) in [5, 5.41) is 3.24. The number of esters is 1. The molecule has 1 N–H and O–H groups in total. The fraction of sp³-hybridized carbons (Fsp3) is 0.500. The Labute approximate surface area is 108 Å². The second-order valence-corrected chi connectivity index (χ2v) is 4.55. The number of anilines is 1. The molecule has 0 radical (unpaired) electrons. The molecule has 0 aromatic heterocycles. The average molecular weight is 248 g/mol. The van der Waals surface area contributed by atoms with Gasteiger partial charge in [0.05, 0.1) is 13.7 Å². The molecular weight excluding hydrogens is 228 g/mol. The van der Waals surface area contributed by atoms with Crippen LogP contribution in [-0.2, 0) is 9.53 Å². The Balaban J connectivity index is 1.76. The van der Waals surface area contributed by atoms with Crippen LogP contribution in [0.3, 0.4) is 0 Å². The molecule has 98 valence electrons. The molecule has 4 nitrogen and oxygen atoms in total. The van der Waals surface area contributed by atoms with E-state index < -0.39 is 0 Å². The number of ether oxygens (including phenoxy) is 1. The van der Waals surface area contributed by atoms with Crippen molar-refractivity contribution in [2.45, 2.75) is 18.9 Å². The van der Waals surface area contributed by atoms with Crippen molar-refractivity contribution in [2.24, 2.45) is 0 Å². The Kier molecular flexibility index (Phi) is 4.59. The zero-order valence-corrected chi connectivity index (χ0v) is 10.8. The third-order valence-electron chi connectivity index (χ3n) is 3.38. The van der Waals surface area contributed by atoms with E-state index in [1.54, 1.807) is 0 Å². The summed E-state index contributed by atoms with van der Waals surface area (Å²) in [5.41, 5.74) is 1.28. The number of carbonyl (C=O) groups is 1. The standard InChI is InChI=1S/C14H20N2O2/c1-18-14(17)11-15-12-7-9-16(10-8-12)13-5-3-2-4-6-13/h2-6,12,15H,7-11H2,1H3. The Hall–Kier alpha value is -1.55. The zero-order valence-electron chi connectivity index (χ0n) is 10.8. The summed E-state index contributed by atoms with van der Waals surface area (Å²) in [4.78, 5) is 13.4. The van der Waals surface area contributed by atoms with E-state index in [2.05, 4.69) is 39.2 Å². The predicted octanol–water partition coefficient (Wildman–Crippen LogP) is 1.42. The van der Waals surface area contributed by atoms with Gasteiger partial charge in [0.2, 0.25) is 0 Å². The van der Waals surface area contributed by atoms with Crippen molar-refractivity contribution in [2.75, 3.05) is 31.6 Å². The van der Waals surface area contributed by atoms with Crippen LogP contribution in [0.5, 0.6) is 0 Å². The normalized spacial score (nSPS) is 16.6.